The van der Waals surface area contributed by atoms with Crippen molar-refractivity contribution in [3.8, 4) is 0 Å². The third kappa shape index (κ3) is 4.89. The summed E-state index contributed by atoms with van der Waals surface area (Å²) in [4.78, 5) is 35.5. The molecule has 0 saturated carbocycles. The van der Waals surface area contributed by atoms with Gasteiger partial charge in [-0.25, -0.2) is 0 Å². The molecule has 0 unspecified atom stereocenters. The number of aliphatic carboxylic acids is 1. The van der Waals surface area contributed by atoms with E-state index in [-0.39, 0.29) is 30.6 Å². The van der Waals surface area contributed by atoms with Crippen LogP contribution < -0.4 is 5.73 Å². The van der Waals surface area contributed by atoms with Crippen LogP contribution in [-0.2, 0) is 14.4 Å². The Kier molecular flexibility index (Phi) is 4.91. The van der Waals surface area contributed by atoms with Crippen LogP contribution in [-0.4, -0.2) is 40.9 Å². The Morgan fingerprint density at radius 3 is 2.16 bits per heavy atom. The Hall–Kier alpha value is -1.59. The SMILES string of the molecule is CC(C)(CC(=O)O)CC(=O)N1CCC(C(N)=O)CC1. The van der Waals surface area contributed by atoms with E-state index in [0.29, 0.717) is 25.9 Å². The molecule has 2 amide bonds. The van der Waals surface area contributed by atoms with Crippen molar-refractivity contribution in [1.29, 1.82) is 0 Å². The third-order valence-corrected chi connectivity index (χ3v) is 3.51. The van der Waals surface area contributed by atoms with Gasteiger partial charge in [0.05, 0.1) is 6.42 Å². The fourth-order valence-corrected chi connectivity index (χ4v) is 2.41. The Bertz CT molecular complexity index is 371. The average molecular weight is 270 g/mol. The molecular formula is C13H22N2O4. The van der Waals surface area contributed by atoms with Gasteiger partial charge in [-0.1, -0.05) is 13.8 Å². The van der Waals surface area contributed by atoms with E-state index in [0.717, 1.165) is 0 Å². The van der Waals surface area contributed by atoms with Gasteiger partial charge in [0.25, 0.3) is 0 Å². The number of carbonyl (C=O) groups excluding carboxylic acids is 2. The normalized spacial score (nSPS) is 17.3. The van der Waals surface area contributed by atoms with Crippen LogP contribution in [0, 0.1) is 11.3 Å². The van der Waals surface area contributed by atoms with Crippen LogP contribution >= 0.6 is 0 Å². The number of hydrogen-bond acceptors (Lipinski definition) is 3. The van der Waals surface area contributed by atoms with E-state index < -0.39 is 11.4 Å². The summed E-state index contributed by atoms with van der Waals surface area (Å²) in [7, 11) is 0. The van der Waals surface area contributed by atoms with Crippen molar-refractivity contribution in [3.05, 3.63) is 0 Å². The van der Waals surface area contributed by atoms with Crippen LogP contribution in [0.15, 0.2) is 0 Å². The molecule has 1 saturated heterocycles. The van der Waals surface area contributed by atoms with Crippen molar-refractivity contribution >= 4 is 17.8 Å². The summed E-state index contributed by atoms with van der Waals surface area (Å²) >= 11 is 0. The predicted molar refractivity (Wildman–Crippen MR) is 69.1 cm³/mol. The molecule has 1 fully saturated rings. The first-order valence-electron chi connectivity index (χ1n) is 6.50. The number of likely N-dealkylation sites (tertiary alicyclic amines) is 1. The number of carbonyl (C=O) groups is 3. The minimum atomic E-state index is -0.898. The molecule has 0 aromatic heterocycles. The maximum Gasteiger partial charge on any atom is 0.303 e. The lowest BCUT2D eigenvalue weighted by Gasteiger charge is -2.33. The molecule has 0 aromatic rings. The van der Waals surface area contributed by atoms with Crippen LogP contribution in [0.2, 0.25) is 0 Å². The number of nitrogens with zero attached hydrogens (tertiary/aromatic N) is 1. The number of carboxylic acids is 1. The van der Waals surface area contributed by atoms with Crippen molar-refractivity contribution in [1.82, 2.24) is 4.90 Å². The largest absolute Gasteiger partial charge is 0.481 e. The van der Waals surface area contributed by atoms with Crippen molar-refractivity contribution in [2.45, 2.75) is 39.5 Å². The maximum absolute atomic E-state index is 12.1. The predicted octanol–water partition coefficient (Wildman–Crippen LogP) is 0.601. The molecular weight excluding hydrogens is 248 g/mol. The van der Waals surface area contributed by atoms with Gasteiger partial charge in [0.15, 0.2) is 0 Å². The minimum Gasteiger partial charge on any atom is -0.481 e. The Balaban J connectivity index is 2.47. The summed E-state index contributed by atoms with van der Waals surface area (Å²) in [5.41, 5.74) is 4.69. The van der Waals surface area contributed by atoms with Gasteiger partial charge in [-0.2, -0.15) is 0 Å². The molecule has 0 aliphatic carbocycles. The van der Waals surface area contributed by atoms with E-state index in [1.54, 1.807) is 18.7 Å². The molecule has 0 spiro atoms. The lowest BCUT2D eigenvalue weighted by Crippen LogP contribution is -2.43. The van der Waals surface area contributed by atoms with Crippen LogP contribution in [0.3, 0.4) is 0 Å². The molecule has 19 heavy (non-hydrogen) atoms. The molecule has 1 aliphatic rings. The van der Waals surface area contributed by atoms with Crippen LogP contribution in [0.4, 0.5) is 0 Å². The molecule has 0 aromatic carbocycles. The fourth-order valence-electron chi connectivity index (χ4n) is 2.41. The highest BCUT2D eigenvalue weighted by atomic mass is 16.4. The fraction of sp³-hybridized carbons (Fsp3) is 0.769. The van der Waals surface area contributed by atoms with Gasteiger partial charge in [0.2, 0.25) is 11.8 Å². The summed E-state index contributed by atoms with van der Waals surface area (Å²) in [5, 5.41) is 8.79. The summed E-state index contributed by atoms with van der Waals surface area (Å²) < 4.78 is 0. The average Bonchev–Trinajstić information content (AvgIpc) is 2.26. The number of carboxylic acid groups (broad SMARTS) is 1. The minimum absolute atomic E-state index is 0.0313. The monoisotopic (exact) mass is 270 g/mol. The first kappa shape index (κ1) is 15.5. The molecule has 1 aliphatic heterocycles. The van der Waals surface area contributed by atoms with Gasteiger partial charge < -0.3 is 15.7 Å². The molecule has 6 nitrogen and oxygen atoms in total. The number of amides is 2. The molecule has 1 heterocycles. The second kappa shape index (κ2) is 6.04. The Morgan fingerprint density at radius 2 is 1.74 bits per heavy atom. The van der Waals surface area contributed by atoms with E-state index in [1.165, 1.54) is 0 Å². The van der Waals surface area contributed by atoms with E-state index in [9.17, 15) is 14.4 Å². The van der Waals surface area contributed by atoms with Gasteiger partial charge in [-0.15, -0.1) is 0 Å². The van der Waals surface area contributed by atoms with Crippen LogP contribution in [0.5, 0.6) is 0 Å². The molecule has 1 rings (SSSR count). The van der Waals surface area contributed by atoms with E-state index in [1.807, 2.05) is 0 Å². The second-order valence-corrected chi connectivity index (χ2v) is 5.97. The number of rotatable bonds is 5. The standard InChI is InChI=1S/C13H22N2O4/c1-13(2,8-11(17)18)7-10(16)15-5-3-9(4-6-15)12(14)19/h9H,3-8H2,1-2H3,(H2,14,19)(H,17,18). The molecule has 108 valence electrons. The number of primary amides is 1. The molecule has 0 atom stereocenters. The van der Waals surface area contributed by atoms with Crippen LogP contribution in [0.1, 0.15) is 39.5 Å². The highest BCUT2D eigenvalue weighted by Crippen LogP contribution is 2.27. The van der Waals surface area contributed by atoms with Crippen molar-refractivity contribution in [2.24, 2.45) is 17.1 Å². The van der Waals surface area contributed by atoms with Crippen molar-refractivity contribution < 1.29 is 19.5 Å². The Labute approximate surface area is 112 Å². The lowest BCUT2D eigenvalue weighted by atomic mass is 9.84. The van der Waals surface area contributed by atoms with Crippen molar-refractivity contribution in [3.63, 3.8) is 0 Å². The van der Waals surface area contributed by atoms with E-state index >= 15 is 0 Å². The molecule has 3 N–H and O–H groups in total. The number of hydrogen-bond donors (Lipinski definition) is 2. The number of nitrogens with two attached hydrogens (primary N) is 1. The molecule has 0 bridgehead atoms. The Morgan fingerprint density at radius 1 is 1.21 bits per heavy atom. The highest BCUT2D eigenvalue weighted by molar-refractivity contribution is 5.79. The summed E-state index contributed by atoms with van der Waals surface area (Å²) in [6.45, 7) is 4.59. The van der Waals surface area contributed by atoms with Crippen molar-refractivity contribution in [2.75, 3.05) is 13.1 Å². The lowest BCUT2D eigenvalue weighted by molar-refractivity contribution is -0.141. The summed E-state index contributed by atoms with van der Waals surface area (Å²) in [6.07, 6.45) is 1.37. The zero-order chi connectivity index (χ0) is 14.6. The highest BCUT2D eigenvalue weighted by Gasteiger charge is 2.30. The smallest absolute Gasteiger partial charge is 0.303 e. The molecule has 0 radical (unpaired) electrons. The zero-order valence-corrected chi connectivity index (χ0v) is 11.5. The van der Waals surface area contributed by atoms with Gasteiger partial charge in [-0.05, 0) is 18.3 Å². The van der Waals surface area contributed by atoms with Gasteiger partial charge in [0, 0.05) is 25.4 Å². The third-order valence-electron chi connectivity index (χ3n) is 3.51. The van der Waals surface area contributed by atoms with Crippen LogP contribution in [0.25, 0.3) is 0 Å². The van der Waals surface area contributed by atoms with E-state index in [2.05, 4.69) is 0 Å². The van der Waals surface area contributed by atoms with E-state index in [4.69, 9.17) is 10.8 Å². The first-order chi connectivity index (χ1) is 8.71. The van der Waals surface area contributed by atoms with Gasteiger partial charge >= 0.3 is 5.97 Å². The summed E-state index contributed by atoms with van der Waals surface area (Å²) in [6, 6.07) is 0. The molecule has 6 heteroatoms. The number of piperidine rings is 1. The first-order valence-corrected chi connectivity index (χ1v) is 6.50. The van der Waals surface area contributed by atoms with Gasteiger partial charge in [0.1, 0.15) is 0 Å². The second-order valence-electron chi connectivity index (χ2n) is 5.97. The zero-order valence-electron chi connectivity index (χ0n) is 11.5. The topological polar surface area (TPSA) is 101 Å². The van der Waals surface area contributed by atoms with Gasteiger partial charge in [-0.3, -0.25) is 14.4 Å². The quantitative estimate of drug-likeness (QED) is 0.764. The summed E-state index contributed by atoms with van der Waals surface area (Å²) in [5.74, 6) is -1.39. The maximum atomic E-state index is 12.1.